The van der Waals surface area contributed by atoms with Crippen LogP contribution in [0.4, 0.5) is 4.39 Å². The van der Waals surface area contributed by atoms with Gasteiger partial charge in [0, 0.05) is 24.3 Å². The lowest BCUT2D eigenvalue weighted by atomic mass is 10.2. The first kappa shape index (κ1) is 15.3. The summed E-state index contributed by atoms with van der Waals surface area (Å²) in [5.74, 6) is 0.448. The molecule has 0 spiro atoms. The van der Waals surface area contributed by atoms with Gasteiger partial charge in [-0.25, -0.2) is 9.37 Å². The molecule has 0 bridgehead atoms. The molecule has 0 amide bonds. The lowest BCUT2D eigenvalue weighted by Crippen LogP contribution is -2.22. The molecular formula is C16H19FN2O2. The fourth-order valence-electron chi connectivity index (χ4n) is 1.79. The Labute approximate surface area is 123 Å². The van der Waals surface area contributed by atoms with Crippen molar-refractivity contribution in [1.82, 2.24) is 10.3 Å². The van der Waals surface area contributed by atoms with E-state index in [2.05, 4.69) is 10.3 Å². The molecular weight excluding hydrogens is 271 g/mol. The van der Waals surface area contributed by atoms with E-state index in [1.165, 1.54) is 13.3 Å². The average molecular weight is 290 g/mol. The molecule has 1 aromatic heterocycles. The number of nitrogens with zero attached hydrogens (tertiary/aromatic N) is 1. The summed E-state index contributed by atoms with van der Waals surface area (Å²) in [4.78, 5) is 3.96. The van der Waals surface area contributed by atoms with Crippen molar-refractivity contribution in [1.29, 1.82) is 0 Å². The van der Waals surface area contributed by atoms with Gasteiger partial charge in [0.2, 0.25) is 0 Å². The largest absolute Gasteiger partial charge is 0.493 e. The van der Waals surface area contributed by atoms with Crippen LogP contribution in [0.5, 0.6) is 17.4 Å². The number of para-hydroxylation sites is 2. The van der Waals surface area contributed by atoms with Gasteiger partial charge in [-0.15, -0.1) is 0 Å². The summed E-state index contributed by atoms with van der Waals surface area (Å²) < 4.78 is 25.1. The van der Waals surface area contributed by atoms with Crippen LogP contribution in [0.1, 0.15) is 19.4 Å². The van der Waals surface area contributed by atoms with Crippen molar-refractivity contribution >= 4 is 0 Å². The Morgan fingerprint density at radius 2 is 1.90 bits per heavy atom. The third-order valence-electron chi connectivity index (χ3n) is 2.91. The second-order valence-electron chi connectivity index (χ2n) is 4.88. The molecule has 21 heavy (non-hydrogen) atoms. The van der Waals surface area contributed by atoms with E-state index < -0.39 is 5.82 Å². The molecule has 2 rings (SSSR count). The van der Waals surface area contributed by atoms with Crippen LogP contribution in [0, 0.1) is 5.82 Å². The van der Waals surface area contributed by atoms with Gasteiger partial charge in [0.15, 0.2) is 17.3 Å². The fourth-order valence-corrected chi connectivity index (χ4v) is 1.79. The maximum Gasteiger partial charge on any atom is 0.256 e. The lowest BCUT2D eigenvalue weighted by Gasteiger charge is -2.12. The summed E-state index contributed by atoms with van der Waals surface area (Å²) in [5.41, 5.74) is 0.517. The van der Waals surface area contributed by atoms with Crippen molar-refractivity contribution in [3.8, 4) is 17.4 Å². The maximum atomic E-state index is 14.4. The van der Waals surface area contributed by atoms with Crippen molar-refractivity contribution in [2.75, 3.05) is 7.11 Å². The summed E-state index contributed by atoms with van der Waals surface area (Å²) in [7, 11) is 1.54. The highest BCUT2D eigenvalue weighted by molar-refractivity contribution is 5.42. The second kappa shape index (κ2) is 7.04. The van der Waals surface area contributed by atoms with Crippen molar-refractivity contribution < 1.29 is 13.9 Å². The van der Waals surface area contributed by atoms with E-state index in [4.69, 9.17) is 9.47 Å². The first-order chi connectivity index (χ1) is 10.1. The molecule has 0 aliphatic heterocycles. The summed E-state index contributed by atoms with van der Waals surface area (Å²) in [6.07, 6.45) is 1.53. The molecule has 5 heteroatoms. The van der Waals surface area contributed by atoms with Crippen LogP contribution in [-0.2, 0) is 6.54 Å². The first-order valence-corrected chi connectivity index (χ1v) is 6.79. The highest BCUT2D eigenvalue weighted by Crippen LogP contribution is 2.31. The molecule has 0 atom stereocenters. The van der Waals surface area contributed by atoms with Gasteiger partial charge in [-0.1, -0.05) is 26.0 Å². The quantitative estimate of drug-likeness (QED) is 0.884. The molecule has 2 aromatic rings. The number of hydrogen-bond donors (Lipinski definition) is 1. The van der Waals surface area contributed by atoms with Gasteiger partial charge in [-0.3, -0.25) is 0 Å². The highest BCUT2D eigenvalue weighted by atomic mass is 19.1. The number of methoxy groups -OCH3 is 1. The van der Waals surface area contributed by atoms with Crippen molar-refractivity contribution in [3.63, 3.8) is 0 Å². The zero-order valence-corrected chi connectivity index (χ0v) is 12.4. The Bertz CT molecular complexity index is 603. The van der Waals surface area contributed by atoms with Crippen LogP contribution in [0.2, 0.25) is 0 Å². The van der Waals surface area contributed by atoms with Gasteiger partial charge in [0.1, 0.15) is 0 Å². The molecule has 0 unspecified atom stereocenters. The minimum absolute atomic E-state index is 0.0532. The lowest BCUT2D eigenvalue weighted by molar-refractivity contribution is 0.362. The molecule has 4 nitrogen and oxygen atoms in total. The van der Waals surface area contributed by atoms with E-state index in [0.717, 1.165) is 0 Å². The number of halogens is 1. The van der Waals surface area contributed by atoms with Crippen molar-refractivity contribution in [2.45, 2.75) is 26.4 Å². The summed E-state index contributed by atoms with van der Waals surface area (Å²) in [6.45, 7) is 4.44. The number of rotatable bonds is 6. The first-order valence-electron chi connectivity index (χ1n) is 6.79. The number of hydrogen-bond acceptors (Lipinski definition) is 4. The van der Waals surface area contributed by atoms with E-state index in [1.54, 1.807) is 24.3 Å². The van der Waals surface area contributed by atoms with Crippen LogP contribution >= 0.6 is 0 Å². The summed E-state index contributed by atoms with van der Waals surface area (Å²) >= 11 is 0. The molecule has 0 radical (unpaired) electrons. The third-order valence-corrected chi connectivity index (χ3v) is 2.91. The van der Waals surface area contributed by atoms with E-state index in [1.807, 2.05) is 19.9 Å². The van der Waals surface area contributed by atoms with E-state index >= 15 is 0 Å². The molecule has 1 N–H and O–H groups in total. The number of nitrogens with one attached hydrogen (secondary N) is 1. The van der Waals surface area contributed by atoms with Gasteiger partial charge < -0.3 is 14.8 Å². The van der Waals surface area contributed by atoms with E-state index in [0.29, 0.717) is 23.6 Å². The number of benzene rings is 1. The predicted octanol–water partition coefficient (Wildman–Crippen LogP) is 3.52. The van der Waals surface area contributed by atoms with Crippen LogP contribution < -0.4 is 14.8 Å². The molecule has 0 aliphatic carbocycles. The minimum atomic E-state index is -0.462. The van der Waals surface area contributed by atoms with E-state index in [9.17, 15) is 4.39 Å². The summed E-state index contributed by atoms with van der Waals surface area (Å²) in [5, 5.41) is 3.17. The summed E-state index contributed by atoms with van der Waals surface area (Å²) in [6, 6.07) is 8.98. The molecule has 1 heterocycles. The Hall–Kier alpha value is -2.14. The van der Waals surface area contributed by atoms with Gasteiger partial charge in [-0.05, 0) is 18.2 Å². The second-order valence-corrected chi connectivity index (χ2v) is 4.88. The highest BCUT2D eigenvalue weighted by Gasteiger charge is 2.13. The van der Waals surface area contributed by atoms with Crippen molar-refractivity contribution in [3.05, 3.63) is 47.9 Å². The average Bonchev–Trinajstić information content (AvgIpc) is 2.48. The Kier molecular flexibility index (Phi) is 5.11. The monoisotopic (exact) mass is 290 g/mol. The Balaban J connectivity index is 2.22. The van der Waals surface area contributed by atoms with Crippen LogP contribution in [0.25, 0.3) is 0 Å². The third kappa shape index (κ3) is 3.92. The molecule has 112 valence electrons. The molecule has 0 saturated carbocycles. The smallest absolute Gasteiger partial charge is 0.256 e. The Morgan fingerprint density at radius 3 is 2.57 bits per heavy atom. The van der Waals surface area contributed by atoms with Gasteiger partial charge in [0.05, 0.1) is 7.11 Å². The zero-order valence-electron chi connectivity index (χ0n) is 12.4. The van der Waals surface area contributed by atoms with Gasteiger partial charge >= 0.3 is 0 Å². The molecule has 0 aliphatic rings. The maximum absolute atomic E-state index is 14.4. The van der Waals surface area contributed by atoms with Crippen LogP contribution in [0.15, 0.2) is 36.5 Å². The number of pyridine rings is 1. The zero-order chi connectivity index (χ0) is 15.2. The SMILES string of the molecule is COc1ccccc1Oc1nccc(CNC(C)C)c1F. The van der Waals surface area contributed by atoms with Gasteiger partial charge in [0.25, 0.3) is 5.88 Å². The normalized spacial score (nSPS) is 10.7. The number of aromatic nitrogens is 1. The fraction of sp³-hybridized carbons (Fsp3) is 0.312. The van der Waals surface area contributed by atoms with Crippen LogP contribution in [-0.4, -0.2) is 18.1 Å². The minimum Gasteiger partial charge on any atom is -0.493 e. The van der Waals surface area contributed by atoms with Gasteiger partial charge in [-0.2, -0.15) is 0 Å². The topological polar surface area (TPSA) is 43.4 Å². The van der Waals surface area contributed by atoms with Crippen LogP contribution in [0.3, 0.4) is 0 Å². The number of ether oxygens (including phenoxy) is 2. The molecule has 0 fully saturated rings. The molecule has 1 aromatic carbocycles. The predicted molar refractivity (Wildman–Crippen MR) is 79.2 cm³/mol. The Morgan fingerprint density at radius 1 is 1.19 bits per heavy atom. The van der Waals surface area contributed by atoms with E-state index in [-0.39, 0.29) is 11.9 Å². The van der Waals surface area contributed by atoms with Crippen molar-refractivity contribution in [2.24, 2.45) is 0 Å². The molecule has 0 saturated heterocycles. The standard InChI is InChI=1S/C16H19FN2O2/c1-11(2)19-10-12-8-9-18-16(15(12)17)21-14-7-5-4-6-13(14)20-3/h4-9,11,19H,10H2,1-3H3.